The Labute approximate surface area is 129 Å². The Balaban J connectivity index is 2.06. The number of hydrogen-bond donors (Lipinski definition) is 2. The molecule has 3 unspecified atom stereocenters. The average Bonchev–Trinajstić information content (AvgIpc) is 2.44. The van der Waals surface area contributed by atoms with Gasteiger partial charge >= 0.3 is 0 Å². The molecule has 3 atom stereocenters. The topological polar surface area (TPSA) is 35.5 Å². The Morgan fingerprint density at radius 1 is 1.33 bits per heavy atom. The SMILES string of the molecule is CNC(c1ccccc1)C(C)(C)CN1CCC(C)C(O)C1. The van der Waals surface area contributed by atoms with Gasteiger partial charge in [0.05, 0.1) is 6.10 Å². The molecule has 0 aliphatic carbocycles. The normalized spacial score (nSPS) is 25.8. The number of likely N-dealkylation sites (tertiary alicyclic amines) is 1. The lowest BCUT2D eigenvalue weighted by atomic mass is 9.79. The van der Waals surface area contributed by atoms with Crippen LogP contribution in [-0.4, -0.2) is 42.8 Å². The van der Waals surface area contributed by atoms with Gasteiger partial charge < -0.3 is 15.3 Å². The number of piperidine rings is 1. The van der Waals surface area contributed by atoms with Crippen LogP contribution in [0.15, 0.2) is 30.3 Å². The molecule has 1 aromatic rings. The van der Waals surface area contributed by atoms with E-state index >= 15 is 0 Å². The molecule has 0 radical (unpaired) electrons. The largest absolute Gasteiger partial charge is 0.392 e. The van der Waals surface area contributed by atoms with Gasteiger partial charge in [0, 0.05) is 19.1 Å². The van der Waals surface area contributed by atoms with E-state index < -0.39 is 0 Å². The minimum Gasteiger partial charge on any atom is -0.392 e. The van der Waals surface area contributed by atoms with Gasteiger partial charge in [0.25, 0.3) is 0 Å². The van der Waals surface area contributed by atoms with Crippen LogP contribution in [0.3, 0.4) is 0 Å². The summed E-state index contributed by atoms with van der Waals surface area (Å²) in [5.41, 5.74) is 1.44. The highest BCUT2D eigenvalue weighted by Gasteiger charge is 2.34. The molecule has 21 heavy (non-hydrogen) atoms. The van der Waals surface area contributed by atoms with Crippen LogP contribution in [0.2, 0.25) is 0 Å². The molecule has 2 rings (SSSR count). The number of nitrogens with one attached hydrogen (secondary N) is 1. The van der Waals surface area contributed by atoms with Crippen molar-refractivity contribution in [3.05, 3.63) is 35.9 Å². The minimum absolute atomic E-state index is 0.108. The second kappa shape index (κ2) is 6.91. The Morgan fingerprint density at radius 3 is 2.57 bits per heavy atom. The highest BCUT2D eigenvalue weighted by atomic mass is 16.3. The molecule has 1 aliphatic rings. The third-order valence-corrected chi connectivity index (χ3v) is 4.84. The van der Waals surface area contributed by atoms with Crippen LogP contribution in [0.25, 0.3) is 0 Å². The molecule has 3 nitrogen and oxygen atoms in total. The molecule has 1 saturated heterocycles. The Kier molecular flexibility index (Phi) is 5.42. The van der Waals surface area contributed by atoms with Crippen molar-refractivity contribution in [3.8, 4) is 0 Å². The van der Waals surface area contributed by atoms with E-state index in [-0.39, 0.29) is 11.5 Å². The fourth-order valence-corrected chi connectivity index (χ4v) is 3.58. The van der Waals surface area contributed by atoms with Crippen LogP contribution in [-0.2, 0) is 0 Å². The third kappa shape index (κ3) is 4.06. The van der Waals surface area contributed by atoms with E-state index in [9.17, 15) is 5.11 Å². The molecule has 1 aliphatic heterocycles. The zero-order valence-corrected chi connectivity index (χ0v) is 13.8. The number of hydrogen-bond acceptors (Lipinski definition) is 3. The summed E-state index contributed by atoms with van der Waals surface area (Å²) in [4.78, 5) is 2.41. The molecule has 3 heteroatoms. The summed E-state index contributed by atoms with van der Waals surface area (Å²) in [5.74, 6) is 0.429. The fraction of sp³-hybridized carbons (Fsp3) is 0.667. The van der Waals surface area contributed by atoms with Gasteiger partial charge in [-0.15, -0.1) is 0 Å². The van der Waals surface area contributed by atoms with E-state index in [0.717, 1.165) is 26.1 Å². The first-order valence-corrected chi connectivity index (χ1v) is 8.06. The fourth-order valence-electron chi connectivity index (χ4n) is 3.58. The summed E-state index contributed by atoms with van der Waals surface area (Å²) in [6, 6.07) is 11.0. The molecule has 0 amide bonds. The van der Waals surface area contributed by atoms with E-state index in [1.54, 1.807) is 0 Å². The third-order valence-electron chi connectivity index (χ3n) is 4.84. The van der Waals surface area contributed by atoms with Crippen LogP contribution in [0.4, 0.5) is 0 Å². The molecule has 0 saturated carbocycles. The van der Waals surface area contributed by atoms with Crippen molar-refractivity contribution in [1.82, 2.24) is 10.2 Å². The van der Waals surface area contributed by atoms with Crippen LogP contribution < -0.4 is 5.32 Å². The van der Waals surface area contributed by atoms with E-state index in [1.165, 1.54) is 5.56 Å². The van der Waals surface area contributed by atoms with Gasteiger partial charge in [-0.2, -0.15) is 0 Å². The van der Waals surface area contributed by atoms with Gasteiger partial charge in [-0.1, -0.05) is 51.1 Å². The highest BCUT2D eigenvalue weighted by Crippen LogP contribution is 2.34. The second-order valence-corrected chi connectivity index (χ2v) is 7.19. The van der Waals surface area contributed by atoms with Gasteiger partial charge in [0.1, 0.15) is 0 Å². The smallest absolute Gasteiger partial charge is 0.0693 e. The average molecular weight is 290 g/mol. The summed E-state index contributed by atoms with van der Waals surface area (Å²) in [6.07, 6.45) is 0.909. The number of aliphatic hydroxyl groups is 1. The summed E-state index contributed by atoms with van der Waals surface area (Å²) < 4.78 is 0. The maximum Gasteiger partial charge on any atom is 0.0693 e. The summed E-state index contributed by atoms with van der Waals surface area (Å²) in [5, 5.41) is 13.6. The molecular formula is C18H30N2O. The maximum absolute atomic E-state index is 10.1. The zero-order valence-electron chi connectivity index (χ0n) is 13.8. The van der Waals surface area contributed by atoms with Gasteiger partial charge in [-0.05, 0) is 36.9 Å². The van der Waals surface area contributed by atoms with Gasteiger partial charge in [0.15, 0.2) is 0 Å². The van der Waals surface area contributed by atoms with Crippen molar-refractivity contribution < 1.29 is 5.11 Å². The van der Waals surface area contributed by atoms with Crippen LogP contribution in [0, 0.1) is 11.3 Å². The predicted octanol–water partition coefficient (Wildman–Crippen LogP) is 2.68. The molecular weight excluding hydrogens is 260 g/mol. The Hall–Kier alpha value is -0.900. The molecule has 118 valence electrons. The molecule has 0 aromatic heterocycles. The Morgan fingerprint density at radius 2 is 2.00 bits per heavy atom. The molecule has 1 heterocycles. The van der Waals surface area contributed by atoms with Crippen molar-refractivity contribution in [3.63, 3.8) is 0 Å². The summed E-state index contributed by atoms with van der Waals surface area (Å²) in [7, 11) is 2.03. The summed E-state index contributed by atoms with van der Waals surface area (Å²) >= 11 is 0. The van der Waals surface area contributed by atoms with Crippen LogP contribution in [0.1, 0.15) is 38.8 Å². The van der Waals surface area contributed by atoms with Crippen LogP contribution in [0.5, 0.6) is 0 Å². The number of β-amino-alcohol motifs (C(OH)–C–C–N with tert-alkyl or cyclic N) is 1. The Bertz CT molecular complexity index is 432. The van der Waals surface area contributed by atoms with Crippen molar-refractivity contribution in [2.45, 2.75) is 39.3 Å². The lowest BCUT2D eigenvalue weighted by molar-refractivity contribution is 0.00911. The second-order valence-electron chi connectivity index (χ2n) is 7.19. The van der Waals surface area contributed by atoms with E-state index in [1.807, 2.05) is 7.05 Å². The molecule has 1 aromatic carbocycles. The van der Waals surface area contributed by atoms with Crippen molar-refractivity contribution in [2.75, 3.05) is 26.7 Å². The molecule has 1 fully saturated rings. The van der Waals surface area contributed by atoms with Crippen LogP contribution >= 0.6 is 0 Å². The van der Waals surface area contributed by atoms with E-state index in [2.05, 4.69) is 61.3 Å². The molecule has 2 N–H and O–H groups in total. The number of aliphatic hydroxyl groups excluding tert-OH is 1. The van der Waals surface area contributed by atoms with E-state index in [4.69, 9.17) is 0 Å². The first-order chi connectivity index (χ1) is 9.94. The number of rotatable bonds is 5. The number of benzene rings is 1. The highest BCUT2D eigenvalue weighted by molar-refractivity contribution is 5.21. The van der Waals surface area contributed by atoms with Crippen molar-refractivity contribution in [2.24, 2.45) is 11.3 Å². The first kappa shape index (κ1) is 16.5. The monoisotopic (exact) mass is 290 g/mol. The van der Waals surface area contributed by atoms with Gasteiger partial charge in [0.2, 0.25) is 0 Å². The standard InChI is InChI=1S/C18H30N2O/c1-14-10-11-20(12-16(14)21)13-18(2,3)17(19-4)15-8-6-5-7-9-15/h5-9,14,16-17,19,21H,10-13H2,1-4H3. The quantitative estimate of drug-likeness (QED) is 0.875. The molecule has 0 bridgehead atoms. The van der Waals surface area contributed by atoms with E-state index in [0.29, 0.717) is 12.0 Å². The number of nitrogens with zero attached hydrogens (tertiary/aromatic N) is 1. The molecule has 0 spiro atoms. The van der Waals surface area contributed by atoms with Gasteiger partial charge in [-0.3, -0.25) is 0 Å². The lowest BCUT2D eigenvalue weighted by Gasteiger charge is -2.42. The predicted molar refractivity (Wildman–Crippen MR) is 88.3 cm³/mol. The minimum atomic E-state index is -0.181. The van der Waals surface area contributed by atoms with Gasteiger partial charge in [-0.25, -0.2) is 0 Å². The maximum atomic E-state index is 10.1. The zero-order chi connectivity index (χ0) is 15.5. The van der Waals surface area contributed by atoms with Crippen molar-refractivity contribution in [1.29, 1.82) is 0 Å². The van der Waals surface area contributed by atoms with Crippen molar-refractivity contribution >= 4 is 0 Å². The summed E-state index contributed by atoms with van der Waals surface area (Å²) in [6.45, 7) is 9.66. The first-order valence-electron chi connectivity index (χ1n) is 8.06. The lowest BCUT2D eigenvalue weighted by Crippen LogP contribution is -2.49.